The number of aryl methyl sites for hydroxylation is 1. The molecule has 1 aliphatic carbocycles. The van der Waals surface area contributed by atoms with Crippen molar-refractivity contribution in [3.8, 4) is 22.9 Å². The molecule has 0 bridgehead atoms. The second-order valence-corrected chi connectivity index (χ2v) is 8.24. The van der Waals surface area contributed by atoms with Crippen molar-refractivity contribution in [2.45, 2.75) is 38.0 Å². The average Bonchev–Trinajstić information content (AvgIpc) is 2.75. The molecule has 11 heteroatoms. The van der Waals surface area contributed by atoms with E-state index in [1.165, 1.54) is 25.6 Å². The van der Waals surface area contributed by atoms with Crippen molar-refractivity contribution in [1.82, 2.24) is 25.0 Å². The first-order valence-electron chi connectivity index (χ1n) is 9.78. The lowest BCUT2D eigenvalue weighted by Crippen LogP contribution is -2.31. The van der Waals surface area contributed by atoms with Crippen molar-refractivity contribution in [3.05, 3.63) is 65.0 Å². The van der Waals surface area contributed by atoms with Crippen LogP contribution < -0.4 is 21.5 Å². The second kappa shape index (κ2) is 8.68. The van der Waals surface area contributed by atoms with Gasteiger partial charge in [0, 0.05) is 24.2 Å². The van der Waals surface area contributed by atoms with Crippen molar-refractivity contribution in [2.24, 2.45) is 7.05 Å². The number of aromatic amines is 2. The van der Waals surface area contributed by atoms with E-state index in [4.69, 9.17) is 27.9 Å². The van der Waals surface area contributed by atoms with Gasteiger partial charge in [-0.05, 0) is 30.9 Å². The van der Waals surface area contributed by atoms with E-state index in [1.54, 1.807) is 6.07 Å². The van der Waals surface area contributed by atoms with Gasteiger partial charge < -0.3 is 4.74 Å². The summed E-state index contributed by atoms with van der Waals surface area (Å²) in [7, 11) is 1.41. The number of rotatable bonds is 4. The quantitative estimate of drug-likeness (QED) is 0.611. The normalized spacial score (nSPS) is 14.5. The second-order valence-electron chi connectivity index (χ2n) is 7.43. The molecule has 9 nitrogen and oxygen atoms in total. The minimum Gasteiger partial charge on any atom is -0.434 e. The van der Waals surface area contributed by atoms with E-state index in [2.05, 4.69) is 20.3 Å². The van der Waals surface area contributed by atoms with Gasteiger partial charge in [-0.1, -0.05) is 42.5 Å². The molecule has 0 spiro atoms. The molecular weight excluding hydrogens is 445 g/mol. The predicted molar refractivity (Wildman–Crippen MR) is 116 cm³/mol. The zero-order chi connectivity index (χ0) is 22.1. The van der Waals surface area contributed by atoms with E-state index in [-0.39, 0.29) is 38.8 Å². The largest absolute Gasteiger partial charge is 0.434 e. The highest BCUT2D eigenvalue weighted by atomic mass is 35.5. The Morgan fingerprint density at radius 2 is 1.71 bits per heavy atom. The summed E-state index contributed by atoms with van der Waals surface area (Å²) in [5.74, 6) is 0.455. The summed E-state index contributed by atoms with van der Waals surface area (Å²) in [5, 5.41) is 10.6. The molecule has 1 aromatic carbocycles. The highest BCUT2D eigenvalue weighted by Crippen LogP contribution is 2.39. The third-order valence-corrected chi connectivity index (χ3v) is 5.87. The third-order valence-electron chi connectivity index (χ3n) is 5.31. The molecule has 0 aliphatic heterocycles. The number of H-pyrrole nitrogens is 2. The number of ether oxygens (including phenoxy) is 1. The Morgan fingerprint density at radius 3 is 2.39 bits per heavy atom. The summed E-state index contributed by atoms with van der Waals surface area (Å²) in [4.78, 5) is 38.1. The van der Waals surface area contributed by atoms with Crippen molar-refractivity contribution in [1.29, 1.82) is 0 Å². The zero-order valence-corrected chi connectivity index (χ0v) is 18.1. The molecule has 31 heavy (non-hydrogen) atoms. The Balaban J connectivity index is 1.67. The number of nitrogens with one attached hydrogen (secondary N) is 2. The summed E-state index contributed by atoms with van der Waals surface area (Å²) >= 11 is 12.7. The maximum Gasteiger partial charge on any atom is 0.344 e. The van der Waals surface area contributed by atoms with E-state index in [1.807, 2.05) is 0 Å². The molecule has 2 aromatic heterocycles. The summed E-state index contributed by atoms with van der Waals surface area (Å²) in [6.45, 7) is 0. The van der Waals surface area contributed by atoms with Crippen LogP contribution in [0.4, 0.5) is 0 Å². The topological polar surface area (TPSA) is 123 Å². The smallest absolute Gasteiger partial charge is 0.344 e. The maximum atomic E-state index is 12.3. The maximum absolute atomic E-state index is 12.3. The highest BCUT2D eigenvalue weighted by molar-refractivity contribution is 6.37. The van der Waals surface area contributed by atoms with Crippen LogP contribution in [0.2, 0.25) is 10.0 Å². The summed E-state index contributed by atoms with van der Waals surface area (Å²) in [6, 6.07) is 4.53. The number of halogens is 2. The number of benzene rings is 1. The Bertz CT molecular complexity index is 1280. The Hall–Kier alpha value is -2.91. The third kappa shape index (κ3) is 4.42. The fourth-order valence-corrected chi connectivity index (χ4v) is 4.30. The van der Waals surface area contributed by atoms with Crippen molar-refractivity contribution in [2.75, 3.05) is 0 Å². The molecule has 1 saturated carbocycles. The number of hydrogen-bond donors (Lipinski definition) is 2. The standard InChI is InChI=1S/C20H19Cl2N5O4/c1-27-20(30)23-19(29)16(26-27)11-7-13(21)17(14(22)8-11)31-15-9-12(18(28)25-24-15)10-5-3-2-4-6-10/h7-10H,2-6H2,1H3,(H,25,28)(H,23,29,30). The first kappa shape index (κ1) is 21.3. The SMILES string of the molecule is Cn1nc(-c2cc(Cl)c(Oc3cc(C4CCCCC4)c(=O)[nH]n3)c(Cl)c2)c(=O)[nH]c1=O. The van der Waals surface area contributed by atoms with Crippen LogP contribution in [0.5, 0.6) is 11.6 Å². The molecule has 2 heterocycles. The van der Waals surface area contributed by atoms with Crippen LogP contribution in [0.15, 0.2) is 32.6 Å². The molecule has 0 unspecified atom stereocenters. The monoisotopic (exact) mass is 463 g/mol. The first-order chi connectivity index (χ1) is 14.8. The highest BCUT2D eigenvalue weighted by Gasteiger charge is 2.21. The molecule has 0 radical (unpaired) electrons. The van der Waals surface area contributed by atoms with E-state index < -0.39 is 11.2 Å². The van der Waals surface area contributed by atoms with Crippen LogP contribution in [-0.4, -0.2) is 25.0 Å². The van der Waals surface area contributed by atoms with Crippen LogP contribution in [0.25, 0.3) is 11.3 Å². The van der Waals surface area contributed by atoms with Gasteiger partial charge in [0.2, 0.25) is 5.88 Å². The van der Waals surface area contributed by atoms with Gasteiger partial charge in [0.25, 0.3) is 11.1 Å². The lowest BCUT2D eigenvalue weighted by atomic mass is 9.85. The van der Waals surface area contributed by atoms with Crippen LogP contribution in [0.3, 0.4) is 0 Å². The molecular formula is C20H19Cl2N5O4. The van der Waals surface area contributed by atoms with Crippen molar-refractivity contribution >= 4 is 23.2 Å². The van der Waals surface area contributed by atoms with E-state index in [0.717, 1.165) is 30.4 Å². The minimum absolute atomic E-state index is 0.0146. The van der Waals surface area contributed by atoms with Crippen LogP contribution in [0.1, 0.15) is 43.6 Å². The fourth-order valence-electron chi connectivity index (χ4n) is 3.74. The molecule has 0 atom stereocenters. The minimum atomic E-state index is -0.664. The van der Waals surface area contributed by atoms with Gasteiger partial charge >= 0.3 is 5.69 Å². The average molecular weight is 464 g/mol. The summed E-state index contributed by atoms with van der Waals surface area (Å²) in [6.07, 6.45) is 5.24. The van der Waals surface area contributed by atoms with E-state index >= 15 is 0 Å². The Morgan fingerprint density at radius 1 is 1.03 bits per heavy atom. The van der Waals surface area contributed by atoms with Gasteiger partial charge in [-0.25, -0.2) is 14.6 Å². The van der Waals surface area contributed by atoms with Gasteiger partial charge in [0.05, 0.1) is 10.0 Å². The van der Waals surface area contributed by atoms with Crippen LogP contribution >= 0.6 is 23.2 Å². The molecule has 3 aromatic rings. The molecule has 0 saturated heterocycles. The lowest BCUT2D eigenvalue weighted by Gasteiger charge is -2.21. The Kier molecular flexibility index (Phi) is 5.97. The number of aromatic nitrogens is 5. The van der Waals surface area contributed by atoms with E-state index in [0.29, 0.717) is 11.1 Å². The first-order valence-corrected chi connectivity index (χ1v) is 10.5. The Labute approximate surface area is 186 Å². The van der Waals surface area contributed by atoms with Gasteiger partial charge in [-0.15, -0.1) is 5.10 Å². The lowest BCUT2D eigenvalue weighted by molar-refractivity contribution is 0.427. The predicted octanol–water partition coefficient (Wildman–Crippen LogP) is 3.37. The van der Waals surface area contributed by atoms with E-state index in [9.17, 15) is 14.4 Å². The van der Waals surface area contributed by atoms with Gasteiger partial charge in [0.1, 0.15) is 0 Å². The summed E-state index contributed by atoms with van der Waals surface area (Å²) in [5.41, 5.74) is -0.593. The van der Waals surface area contributed by atoms with Crippen LogP contribution in [0, 0.1) is 0 Å². The molecule has 2 N–H and O–H groups in total. The van der Waals surface area contributed by atoms with Gasteiger partial charge in [0.15, 0.2) is 11.4 Å². The summed E-state index contributed by atoms with van der Waals surface area (Å²) < 4.78 is 6.78. The van der Waals surface area contributed by atoms with Crippen molar-refractivity contribution in [3.63, 3.8) is 0 Å². The van der Waals surface area contributed by atoms with Crippen molar-refractivity contribution < 1.29 is 4.74 Å². The molecule has 1 aliphatic rings. The zero-order valence-electron chi connectivity index (χ0n) is 16.6. The number of nitrogens with zero attached hydrogens (tertiary/aromatic N) is 3. The number of hydrogen-bond acceptors (Lipinski definition) is 6. The van der Waals surface area contributed by atoms with Crippen LogP contribution in [-0.2, 0) is 7.05 Å². The molecule has 162 valence electrons. The molecule has 4 rings (SSSR count). The fraction of sp³-hybridized carbons (Fsp3) is 0.350. The molecule has 0 amide bonds. The van der Waals surface area contributed by atoms with Gasteiger partial charge in [-0.2, -0.15) is 5.10 Å². The van der Waals surface area contributed by atoms with Gasteiger partial charge in [-0.3, -0.25) is 14.6 Å². The molecule has 1 fully saturated rings.